The van der Waals surface area contributed by atoms with E-state index in [-0.39, 0.29) is 29.0 Å². The fourth-order valence-corrected chi connectivity index (χ4v) is 3.89. The maximum absolute atomic E-state index is 13.5. The van der Waals surface area contributed by atoms with Crippen molar-refractivity contribution in [2.45, 2.75) is 25.2 Å². The van der Waals surface area contributed by atoms with E-state index in [1.54, 1.807) is 24.3 Å². The van der Waals surface area contributed by atoms with E-state index in [1.807, 2.05) is 12.1 Å². The Bertz CT molecular complexity index is 1190. The molecule has 1 aliphatic rings. The summed E-state index contributed by atoms with van der Waals surface area (Å²) in [5.41, 5.74) is 2.26. The van der Waals surface area contributed by atoms with Gasteiger partial charge in [-0.1, -0.05) is 35.9 Å². The Morgan fingerprint density at radius 2 is 1.85 bits per heavy atom. The van der Waals surface area contributed by atoms with E-state index < -0.39 is 11.9 Å². The third-order valence-corrected chi connectivity index (χ3v) is 5.89. The molecule has 0 saturated heterocycles. The highest BCUT2D eigenvalue weighted by atomic mass is 35.5. The van der Waals surface area contributed by atoms with Gasteiger partial charge in [-0.15, -0.1) is 0 Å². The summed E-state index contributed by atoms with van der Waals surface area (Å²) in [6.45, 7) is 0.768. The molecule has 8 heteroatoms. The van der Waals surface area contributed by atoms with E-state index in [2.05, 4.69) is 10.3 Å². The van der Waals surface area contributed by atoms with E-state index in [0.29, 0.717) is 21.8 Å². The van der Waals surface area contributed by atoms with E-state index in [9.17, 15) is 18.4 Å². The van der Waals surface area contributed by atoms with Gasteiger partial charge in [0.1, 0.15) is 5.69 Å². The van der Waals surface area contributed by atoms with Crippen LogP contribution in [0.4, 0.5) is 14.5 Å². The number of alkyl halides is 2. The zero-order chi connectivity index (χ0) is 23.8. The van der Waals surface area contributed by atoms with Gasteiger partial charge in [0.2, 0.25) is 5.91 Å². The van der Waals surface area contributed by atoms with Crippen molar-refractivity contribution in [1.29, 1.82) is 0 Å². The molecule has 0 radical (unpaired) electrons. The first-order chi connectivity index (χ1) is 15.7. The number of benzene rings is 2. The SMILES string of the molecule is COC(=O)c1cc(NC(=O)C2CC2c2ccc(Cl)cc2)ccc1-c1ccc(C(C)(F)F)nc1. The van der Waals surface area contributed by atoms with Crippen LogP contribution >= 0.6 is 11.6 Å². The van der Waals surface area contributed by atoms with Crippen LogP contribution in [0.1, 0.15) is 40.9 Å². The zero-order valence-electron chi connectivity index (χ0n) is 17.9. The molecule has 2 aromatic carbocycles. The highest BCUT2D eigenvalue weighted by molar-refractivity contribution is 6.30. The number of esters is 1. The smallest absolute Gasteiger partial charge is 0.338 e. The van der Waals surface area contributed by atoms with E-state index >= 15 is 0 Å². The quantitative estimate of drug-likeness (QED) is 0.446. The summed E-state index contributed by atoms with van der Waals surface area (Å²) in [4.78, 5) is 28.9. The first kappa shape index (κ1) is 22.9. The second kappa shape index (κ2) is 8.90. The van der Waals surface area contributed by atoms with Gasteiger partial charge in [-0.25, -0.2) is 4.79 Å². The van der Waals surface area contributed by atoms with E-state index in [1.165, 1.54) is 31.5 Å². The van der Waals surface area contributed by atoms with Gasteiger partial charge in [-0.2, -0.15) is 8.78 Å². The van der Waals surface area contributed by atoms with Gasteiger partial charge < -0.3 is 10.1 Å². The average molecular weight is 471 g/mol. The molecule has 1 N–H and O–H groups in total. The minimum atomic E-state index is -3.06. The van der Waals surface area contributed by atoms with Crippen molar-refractivity contribution >= 4 is 29.2 Å². The molecule has 1 aromatic heterocycles. The number of methoxy groups -OCH3 is 1. The number of rotatable bonds is 6. The number of nitrogens with one attached hydrogen (secondary N) is 1. The van der Waals surface area contributed by atoms with Crippen LogP contribution in [-0.2, 0) is 15.5 Å². The summed E-state index contributed by atoms with van der Waals surface area (Å²) in [7, 11) is 1.25. The Morgan fingerprint density at radius 3 is 2.45 bits per heavy atom. The second-order valence-electron chi connectivity index (χ2n) is 8.06. The van der Waals surface area contributed by atoms with E-state index in [0.717, 1.165) is 18.9 Å². The van der Waals surface area contributed by atoms with Crippen LogP contribution in [0.5, 0.6) is 0 Å². The number of carbonyl (C=O) groups is 2. The first-order valence-electron chi connectivity index (χ1n) is 10.3. The number of hydrogen-bond donors (Lipinski definition) is 1. The van der Waals surface area contributed by atoms with Gasteiger partial charge >= 0.3 is 5.97 Å². The van der Waals surface area contributed by atoms with Crippen LogP contribution in [0, 0.1) is 5.92 Å². The maximum Gasteiger partial charge on any atom is 0.338 e. The molecule has 4 rings (SSSR count). The van der Waals surface area contributed by atoms with Crippen LogP contribution in [0.2, 0.25) is 5.02 Å². The van der Waals surface area contributed by atoms with Crippen molar-refractivity contribution in [1.82, 2.24) is 4.98 Å². The number of pyridine rings is 1. The third kappa shape index (κ3) is 5.03. The van der Waals surface area contributed by atoms with Crippen LogP contribution in [-0.4, -0.2) is 24.0 Å². The van der Waals surface area contributed by atoms with Gasteiger partial charge in [-0.3, -0.25) is 9.78 Å². The number of amides is 1. The molecule has 33 heavy (non-hydrogen) atoms. The molecular formula is C25H21ClF2N2O3. The summed E-state index contributed by atoms with van der Waals surface area (Å²) in [6, 6.07) is 14.9. The van der Waals surface area contributed by atoms with Gasteiger partial charge in [-0.05, 0) is 53.8 Å². The van der Waals surface area contributed by atoms with Crippen molar-refractivity contribution in [3.05, 3.63) is 82.6 Å². The molecule has 5 nitrogen and oxygen atoms in total. The number of nitrogens with zero attached hydrogens (tertiary/aromatic N) is 1. The lowest BCUT2D eigenvalue weighted by molar-refractivity contribution is -0.117. The molecule has 170 valence electrons. The monoisotopic (exact) mass is 470 g/mol. The minimum absolute atomic E-state index is 0.128. The third-order valence-electron chi connectivity index (χ3n) is 5.64. The molecule has 0 aliphatic heterocycles. The lowest BCUT2D eigenvalue weighted by Crippen LogP contribution is -2.15. The lowest BCUT2D eigenvalue weighted by Gasteiger charge is -2.13. The van der Waals surface area contributed by atoms with E-state index in [4.69, 9.17) is 16.3 Å². The summed E-state index contributed by atoms with van der Waals surface area (Å²) in [6.07, 6.45) is 2.02. The molecule has 1 amide bonds. The molecular weight excluding hydrogens is 450 g/mol. The summed E-state index contributed by atoms with van der Waals surface area (Å²) >= 11 is 5.93. The largest absolute Gasteiger partial charge is 0.465 e. The Balaban J connectivity index is 1.54. The number of hydrogen-bond acceptors (Lipinski definition) is 4. The molecule has 1 fully saturated rings. The van der Waals surface area contributed by atoms with Crippen molar-refractivity contribution in [3.8, 4) is 11.1 Å². The van der Waals surface area contributed by atoms with Crippen LogP contribution in [0.15, 0.2) is 60.8 Å². The molecule has 2 unspecified atom stereocenters. The molecule has 2 atom stereocenters. The number of anilines is 1. The zero-order valence-corrected chi connectivity index (χ0v) is 18.7. The van der Waals surface area contributed by atoms with Crippen molar-refractivity contribution in [3.63, 3.8) is 0 Å². The standard InChI is InChI=1S/C25H21ClF2N2O3/c1-25(27,28)22-10-5-15(13-29-22)18-9-8-17(11-21(18)24(32)33-2)30-23(31)20-12-19(20)14-3-6-16(26)7-4-14/h3-11,13,19-20H,12H2,1-2H3,(H,30,31). The predicted octanol–water partition coefficient (Wildman–Crippen LogP) is 6.04. The van der Waals surface area contributed by atoms with Crippen molar-refractivity contribution in [2.75, 3.05) is 12.4 Å². The highest BCUT2D eigenvalue weighted by Crippen LogP contribution is 2.48. The number of halogens is 3. The topological polar surface area (TPSA) is 68.3 Å². The van der Waals surface area contributed by atoms with Crippen LogP contribution in [0.25, 0.3) is 11.1 Å². The Labute approximate surface area is 194 Å². The Kier molecular flexibility index (Phi) is 6.17. The molecule has 1 saturated carbocycles. The molecule has 3 aromatic rings. The van der Waals surface area contributed by atoms with Gasteiger partial charge in [0.05, 0.1) is 12.7 Å². The van der Waals surface area contributed by atoms with Crippen LogP contribution < -0.4 is 5.32 Å². The maximum atomic E-state index is 13.5. The lowest BCUT2D eigenvalue weighted by atomic mass is 9.99. The Morgan fingerprint density at radius 1 is 1.12 bits per heavy atom. The first-order valence-corrected chi connectivity index (χ1v) is 10.7. The molecule has 1 heterocycles. The van der Waals surface area contributed by atoms with Crippen molar-refractivity contribution in [2.24, 2.45) is 5.92 Å². The summed E-state index contributed by atoms with van der Waals surface area (Å²) < 4.78 is 31.8. The molecule has 0 spiro atoms. The number of carbonyl (C=O) groups excluding carboxylic acids is 2. The minimum Gasteiger partial charge on any atom is -0.465 e. The summed E-state index contributed by atoms with van der Waals surface area (Å²) in [5, 5.41) is 3.50. The van der Waals surface area contributed by atoms with Gasteiger partial charge in [0, 0.05) is 35.3 Å². The van der Waals surface area contributed by atoms with Crippen LogP contribution in [0.3, 0.4) is 0 Å². The highest BCUT2D eigenvalue weighted by Gasteiger charge is 2.43. The number of aromatic nitrogens is 1. The fraction of sp³-hybridized carbons (Fsp3) is 0.240. The van der Waals surface area contributed by atoms with Crippen molar-refractivity contribution < 1.29 is 23.1 Å². The normalized spacial score (nSPS) is 17.4. The molecule has 0 bridgehead atoms. The van der Waals surface area contributed by atoms with Gasteiger partial charge in [0.25, 0.3) is 5.92 Å². The molecule has 1 aliphatic carbocycles. The van der Waals surface area contributed by atoms with Gasteiger partial charge in [0.15, 0.2) is 0 Å². The average Bonchev–Trinajstić information content (AvgIpc) is 3.60. The number of ether oxygens (including phenoxy) is 1. The second-order valence-corrected chi connectivity index (χ2v) is 8.50. The fourth-order valence-electron chi connectivity index (χ4n) is 3.76. The Hall–Kier alpha value is -3.32. The summed E-state index contributed by atoms with van der Waals surface area (Å²) in [5.74, 6) is -3.86. The predicted molar refractivity (Wildman–Crippen MR) is 122 cm³/mol.